The Kier molecular flexibility index (Phi) is 4.33. The molecule has 0 unspecified atom stereocenters. The lowest BCUT2D eigenvalue weighted by Crippen LogP contribution is -2.40. The van der Waals surface area contributed by atoms with Gasteiger partial charge in [0.15, 0.2) is 0 Å². The fraction of sp³-hybridized carbons (Fsp3) is 0.688. The predicted octanol–water partition coefficient (Wildman–Crippen LogP) is 2.18. The van der Waals surface area contributed by atoms with Gasteiger partial charge < -0.3 is 14.5 Å². The molecule has 0 N–H and O–H groups in total. The monoisotopic (exact) mass is 308 g/mol. The Labute approximate surface area is 130 Å². The summed E-state index contributed by atoms with van der Waals surface area (Å²) in [5, 5.41) is 3.93. The molecule has 2 fully saturated rings. The minimum atomic E-state index is 0.198. The van der Waals surface area contributed by atoms with Gasteiger partial charge in [-0.05, 0) is 49.7 Å². The second-order valence-corrected chi connectivity index (χ2v) is 7.41. The molecule has 3 rings (SSSR count). The number of carbonyl (C=O) groups excluding carboxylic acids is 1. The van der Waals surface area contributed by atoms with E-state index in [0.717, 1.165) is 51.3 Å². The Morgan fingerprint density at radius 3 is 2.86 bits per heavy atom. The van der Waals surface area contributed by atoms with Gasteiger partial charge in [0, 0.05) is 38.2 Å². The van der Waals surface area contributed by atoms with Gasteiger partial charge in [-0.3, -0.25) is 4.79 Å². The first-order valence-corrected chi connectivity index (χ1v) is 8.59. The van der Waals surface area contributed by atoms with Crippen molar-refractivity contribution in [1.82, 2.24) is 9.80 Å². The van der Waals surface area contributed by atoms with Gasteiger partial charge >= 0.3 is 0 Å². The van der Waals surface area contributed by atoms with Crippen LogP contribution in [0.4, 0.5) is 0 Å². The van der Waals surface area contributed by atoms with E-state index in [2.05, 4.69) is 23.9 Å². The third-order valence-electron chi connectivity index (χ3n) is 4.94. The van der Waals surface area contributed by atoms with Crippen molar-refractivity contribution in [2.45, 2.75) is 12.8 Å². The van der Waals surface area contributed by atoms with Gasteiger partial charge in [-0.25, -0.2) is 0 Å². The van der Waals surface area contributed by atoms with Crippen molar-refractivity contribution in [3.63, 3.8) is 0 Å². The molecule has 116 valence electrons. The van der Waals surface area contributed by atoms with E-state index in [4.69, 9.17) is 4.74 Å². The molecule has 2 aliphatic rings. The van der Waals surface area contributed by atoms with Crippen LogP contribution in [-0.2, 0) is 4.74 Å². The van der Waals surface area contributed by atoms with Crippen LogP contribution in [0.25, 0.3) is 0 Å². The van der Waals surface area contributed by atoms with Gasteiger partial charge in [0.2, 0.25) is 0 Å². The van der Waals surface area contributed by atoms with Crippen molar-refractivity contribution in [3.05, 3.63) is 22.4 Å². The Morgan fingerprint density at radius 2 is 2.24 bits per heavy atom. The van der Waals surface area contributed by atoms with E-state index in [9.17, 15) is 4.79 Å². The first kappa shape index (κ1) is 15.0. The highest BCUT2D eigenvalue weighted by atomic mass is 32.1. The number of hydrogen-bond donors (Lipinski definition) is 0. The SMILES string of the molecule is CN(C)C[C@@H]1CN(C(=O)c2ccsc2)CC12CCOCC2. The Morgan fingerprint density at radius 1 is 1.48 bits per heavy atom. The van der Waals surface area contributed by atoms with E-state index < -0.39 is 0 Å². The van der Waals surface area contributed by atoms with Crippen LogP contribution in [0.15, 0.2) is 16.8 Å². The lowest BCUT2D eigenvalue weighted by molar-refractivity contribution is -0.00451. The largest absolute Gasteiger partial charge is 0.381 e. The second kappa shape index (κ2) is 6.07. The molecule has 1 atom stereocenters. The minimum Gasteiger partial charge on any atom is -0.381 e. The van der Waals surface area contributed by atoms with Crippen LogP contribution in [0.2, 0.25) is 0 Å². The first-order chi connectivity index (χ1) is 10.1. The number of rotatable bonds is 3. The quantitative estimate of drug-likeness (QED) is 0.858. The number of carbonyl (C=O) groups is 1. The maximum atomic E-state index is 12.7. The molecule has 1 aromatic rings. The van der Waals surface area contributed by atoms with Crippen molar-refractivity contribution in [2.75, 3.05) is 46.9 Å². The molecular weight excluding hydrogens is 284 g/mol. The summed E-state index contributed by atoms with van der Waals surface area (Å²) in [5.41, 5.74) is 1.10. The molecule has 0 bridgehead atoms. The topological polar surface area (TPSA) is 32.8 Å². The Balaban J connectivity index is 1.78. The number of thiophene rings is 1. The summed E-state index contributed by atoms with van der Waals surface area (Å²) in [4.78, 5) is 17.0. The molecule has 1 aromatic heterocycles. The third kappa shape index (κ3) is 3.00. The molecular formula is C16H24N2O2S. The number of hydrogen-bond acceptors (Lipinski definition) is 4. The summed E-state index contributed by atoms with van der Waals surface area (Å²) >= 11 is 1.59. The van der Waals surface area contributed by atoms with Crippen LogP contribution in [0.5, 0.6) is 0 Å². The first-order valence-electron chi connectivity index (χ1n) is 7.65. The molecule has 0 saturated carbocycles. The fourth-order valence-corrected chi connectivity index (χ4v) is 4.42. The van der Waals surface area contributed by atoms with Gasteiger partial charge in [0.05, 0.1) is 5.56 Å². The van der Waals surface area contributed by atoms with Gasteiger partial charge in [-0.1, -0.05) is 0 Å². The molecule has 5 heteroatoms. The van der Waals surface area contributed by atoms with Crippen molar-refractivity contribution in [1.29, 1.82) is 0 Å². The minimum absolute atomic E-state index is 0.198. The molecule has 1 amide bonds. The molecule has 0 aromatic carbocycles. The van der Waals surface area contributed by atoms with Crippen LogP contribution in [0, 0.1) is 11.3 Å². The van der Waals surface area contributed by atoms with Crippen LogP contribution in [-0.4, -0.2) is 62.7 Å². The average Bonchev–Trinajstić information content (AvgIpc) is 3.09. The maximum absolute atomic E-state index is 12.7. The second-order valence-electron chi connectivity index (χ2n) is 6.63. The Hall–Kier alpha value is -0.910. The van der Waals surface area contributed by atoms with E-state index in [1.807, 2.05) is 16.8 Å². The number of amides is 1. The zero-order valence-electron chi connectivity index (χ0n) is 12.9. The van der Waals surface area contributed by atoms with E-state index >= 15 is 0 Å². The van der Waals surface area contributed by atoms with Gasteiger partial charge in [-0.2, -0.15) is 11.3 Å². The molecule has 0 radical (unpaired) electrons. The third-order valence-corrected chi connectivity index (χ3v) is 5.63. The average molecular weight is 308 g/mol. The van der Waals surface area contributed by atoms with Crippen molar-refractivity contribution in [3.8, 4) is 0 Å². The van der Waals surface area contributed by atoms with E-state index in [1.165, 1.54) is 0 Å². The summed E-state index contributed by atoms with van der Waals surface area (Å²) in [7, 11) is 4.24. The van der Waals surface area contributed by atoms with E-state index in [-0.39, 0.29) is 11.3 Å². The number of nitrogens with zero attached hydrogens (tertiary/aromatic N) is 2. The molecule has 3 heterocycles. The van der Waals surface area contributed by atoms with Crippen LogP contribution in [0.1, 0.15) is 23.2 Å². The summed E-state index contributed by atoms with van der Waals surface area (Å²) in [6, 6.07) is 1.93. The van der Waals surface area contributed by atoms with Crippen molar-refractivity contribution >= 4 is 17.2 Å². The highest BCUT2D eigenvalue weighted by Gasteiger charge is 2.48. The summed E-state index contributed by atoms with van der Waals surface area (Å²) in [6.45, 7) is 4.50. The molecule has 2 aliphatic heterocycles. The normalized spacial score (nSPS) is 24.9. The molecule has 1 spiro atoms. The number of ether oxygens (including phenoxy) is 1. The van der Waals surface area contributed by atoms with Gasteiger partial charge in [0.25, 0.3) is 5.91 Å². The molecule has 4 nitrogen and oxygen atoms in total. The molecule has 0 aliphatic carbocycles. The Bertz CT molecular complexity index is 480. The van der Waals surface area contributed by atoms with Gasteiger partial charge in [0.1, 0.15) is 0 Å². The van der Waals surface area contributed by atoms with Gasteiger partial charge in [-0.15, -0.1) is 0 Å². The fourth-order valence-electron chi connectivity index (χ4n) is 3.79. The number of likely N-dealkylation sites (tertiary alicyclic amines) is 1. The van der Waals surface area contributed by atoms with Crippen molar-refractivity contribution < 1.29 is 9.53 Å². The summed E-state index contributed by atoms with van der Waals surface area (Å²) in [6.07, 6.45) is 2.16. The zero-order valence-corrected chi connectivity index (χ0v) is 13.7. The predicted molar refractivity (Wildman–Crippen MR) is 84.8 cm³/mol. The zero-order chi connectivity index (χ0) is 14.9. The van der Waals surface area contributed by atoms with E-state index in [0.29, 0.717) is 5.92 Å². The molecule has 21 heavy (non-hydrogen) atoms. The highest BCUT2D eigenvalue weighted by Crippen LogP contribution is 2.44. The van der Waals surface area contributed by atoms with Crippen LogP contribution < -0.4 is 0 Å². The lowest BCUT2D eigenvalue weighted by atomic mass is 9.72. The maximum Gasteiger partial charge on any atom is 0.254 e. The smallest absolute Gasteiger partial charge is 0.254 e. The lowest BCUT2D eigenvalue weighted by Gasteiger charge is -2.38. The standard InChI is InChI=1S/C16H24N2O2S/c1-17(2)9-14-10-18(15(19)13-3-8-21-11-13)12-16(14)4-6-20-7-5-16/h3,8,11,14H,4-7,9-10,12H2,1-2H3/t14-/m1/s1. The van der Waals surface area contributed by atoms with E-state index in [1.54, 1.807) is 11.3 Å². The highest BCUT2D eigenvalue weighted by molar-refractivity contribution is 7.08. The summed E-state index contributed by atoms with van der Waals surface area (Å²) in [5.74, 6) is 0.752. The van der Waals surface area contributed by atoms with Crippen LogP contribution >= 0.6 is 11.3 Å². The summed E-state index contributed by atoms with van der Waals surface area (Å²) < 4.78 is 5.56. The van der Waals surface area contributed by atoms with Crippen LogP contribution in [0.3, 0.4) is 0 Å². The van der Waals surface area contributed by atoms with Crippen molar-refractivity contribution in [2.24, 2.45) is 11.3 Å². The molecule has 2 saturated heterocycles.